The lowest BCUT2D eigenvalue weighted by Crippen LogP contribution is -2.28. The van der Waals surface area contributed by atoms with Crippen molar-refractivity contribution in [3.05, 3.63) is 116 Å². The van der Waals surface area contributed by atoms with E-state index in [-0.39, 0.29) is 0 Å². The van der Waals surface area contributed by atoms with Crippen LogP contribution >= 0.6 is 0 Å². The number of hydrogen-bond donors (Lipinski definition) is 0. The largest absolute Gasteiger partial charge is 0.295 e. The third kappa shape index (κ3) is 2.88. The predicted molar refractivity (Wildman–Crippen MR) is 127 cm³/mol. The summed E-state index contributed by atoms with van der Waals surface area (Å²) in [5.41, 5.74) is 6.32. The number of benzene rings is 4. The molecule has 0 fully saturated rings. The van der Waals surface area contributed by atoms with Gasteiger partial charge in [-0.1, -0.05) is 78.9 Å². The fraction of sp³-hybridized carbons (Fsp3) is 0.167. The molecule has 0 saturated carbocycles. The van der Waals surface area contributed by atoms with E-state index in [1.54, 1.807) is 0 Å². The van der Waals surface area contributed by atoms with Crippen molar-refractivity contribution in [3.8, 4) is 0 Å². The Morgan fingerprint density at radius 2 is 1.55 bits per heavy atom. The average Bonchev–Trinajstić information content (AvgIpc) is 2.81. The maximum Gasteiger partial charge on any atom is 0.160 e. The fourth-order valence-electron chi connectivity index (χ4n) is 5.47. The van der Waals surface area contributed by atoms with Crippen LogP contribution in [-0.2, 0) is 24.1 Å². The minimum absolute atomic E-state index is 0.306. The van der Waals surface area contributed by atoms with Gasteiger partial charge in [0.2, 0.25) is 0 Å². The van der Waals surface area contributed by atoms with Crippen molar-refractivity contribution in [2.45, 2.75) is 32.6 Å². The van der Waals surface area contributed by atoms with Gasteiger partial charge in [0.05, 0.1) is 0 Å². The lowest BCUT2D eigenvalue weighted by molar-refractivity contribution is -0.114. The van der Waals surface area contributed by atoms with Crippen LogP contribution in [0.5, 0.6) is 0 Å². The van der Waals surface area contributed by atoms with Gasteiger partial charge in [0.15, 0.2) is 5.78 Å². The van der Waals surface area contributed by atoms with Gasteiger partial charge in [-0.05, 0) is 73.7 Å². The summed E-state index contributed by atoms with van der Waals surface area (Å²) in [4.78, 5) is 13.1. The van der Waals surface area contributed by atoms with Crippen LogP contribution < -0.4 is 10.4 Å². The molecule has 0 spiro atoms. The highest BCUT2D eigenvalue weighted by molar-refractivity contribution is 6.16. The van der Waals surface area contributed by atoms with Gasteiger partial charge in [0, 0.05) is 18.4 Å². The monoisotopic (exact) mass is 400 g/mol. The van der Waals surface area contributed by atoms with Crippen molar-refractivity contribution in [1.82, 2.24) is 0 Å². The Morgan fingerprint density at radius 3 is 2.48 bits per heavy atom. The Morgan fingerprint density at radius 1 is 0.742 bits per heavy atom. The summed E-state index contributed by atoms with van der Waals surface area (Å²) < 4.78 is 0. The molecule has 0 heterocycles. The molecule has 2 aliphatic rings. The first-order valence-corrected chi connectivity index (χ1v) is 11.1. The molecule has 0 aromatic heterocycles. The fourth-order valence-corrected chi connectivity index (χ4v) is 5.47. The van der Waals surface area contributed by atoms with Crippen LogP contribution in [0.3, 0.4) is 0 Å². The van der Waals surface area contributed by atoms with Crippen LogP contribution in [0.15, 0.2) is 72.8 Å². The number of hydrogen-bond acceptors (Lipinski definition) is 1. The first kappa shape index (κ1) is 18.3. The molecule has 0 aliphatic heterocycles. The smallest absolute Gasteiger partial charge is 0.160 e. The van der Waals surface area contributed by atoms with Crippen LogP contribution in [0, 0.1) is 17.4 Å². The topological polar surface area (TPSA) is 17.1 Å². The molecule has 2 aliphatic carbocycles. The number of fused-ring (bicyclic) bond motifs is 5. The van der Waals surface area contributed by atoms with Crippen LogP contribution in [0.25, 0.3) is 22.4 Å². The Bertz CT molecular complexity index is 1610. The molecule has 0 N–H and O–H groups in total. The number of ketones is 1. The summed E-state index contributed by atoms with van der Waals surface area (Å²) in [5.74, 6) is 0.306. The summed E-state index contributed by atoms with van der Waals surface area (Å²) in [5, 5.41) is 7.65. The molecule has 4 aromatic rings. The molecule has 0 atom stereocenters. The number of carbonyl (C=O) groups excluding carboxylic acids is 1. The minimum atomic E-state index is 0.306. The number of carbonyl (C=O) groups is 1. The third-order valence-corrected chi connectivity index (χ3v) is 7.10. The molecule has 0 saturated heterocycles. The van der Waals surface area contributed by atoms with Crippen LogP contribution in [0.2, 0.25) is 0 Å². The zero-order chi connectivity index (χ0) is 20.9. The quantitative estimate of drug-likeness (QED) is 0.477. The summed E-state index contributed by atoms with van der Waals surface area (Å²) in [6.07, 6.45) is 5.46. The molecule has 0 bridgehead atoms. The molecule has 1 nitrogen and oxygen atoms in total. The van der Waals surface area contributed by atoms with Gasteiger partial charge < -0.3 is 0 Å². The SMILES string of the molecule is Cc1ccc2ccccc2c1CC1=c2ccc3c(c2CCC1=O)CC=c1ccccc1=3. The van der Waals surface area contributed by atoms with Gasteiger partial charge in [-0.15, -0.1) is 0 Å². The van der Waals surface area contributed by atoms with Crippen molar-refractivity contribution in [2.24, 2.45) is 0 Å². The van der Waals surface area contributed by atoms with E-state index in [2.05, 4.69) is 85.8 Å². The third-order valence-electron chi connectivity index (χ3n) is 7.10. The number of rotatable bonds is 2. The Kier molecular flexibility index (Phi) is 4.17. The van der Waals surface area contributed by atoms with Crippen LogP contribution in [-0.4, -0.2) is 5.78 Å². The molecule has 4 aromatic carbocycles. The summed E-state index contributed by atoms with van der Waals surface area (Å²) in [7, 11) is 0. The minimum Gasteiger partial charge on any atom is -0.295 e. The molecule has 0 radical (unpaired) electrons. The second-order valence-corrected chi connectivity index (χ2v) is 8.77. The van der Waals surface area contributed by atoms with E-state index in [0.717, 1.165) is 18.4 Å². The standard InChI is InChI=1S/C30H24O/c1-19-10-11-20-6-3-5-9-23(20)28(19)18-29-27-15-14-24-22-8-4-2-7-21(22)12-13-25(24)26(27)16-17-30(29)31/h2-12,14-15H,13,16-18H2,1H3. The first-order valence-electron chi connectivity index (χ1n) is 11.1. The molecular weight excluding hydrogens is 376 g/mol. The molecule has 31 heavy (non-hydrogen) atoms. The molecule has 0 unspecified atom stereocenters. The van der Waals surface area contributed by atoms with Crippen molar-refractivity contribution in [2.75, 3.05) is 0 Å². The zero-order valence-corrected chi connectivity index (χ0v) is 17.7. The highest BCUT2D eigenvalue weighted by Crippen LogP contribution is 2.27. The number of Topliss-reactive ketones (excluding diaryl/α,β-unsaturated/α-hetero) is 1. The zero-order valence-electron chi connectivity index (χ0n) is 17.7. The van der Waals surface area contributed by atoms with E-state index in [4.69, 9.17) is 0 Å². The van der Waals surface area contributed by atoms with Crippen molar-refractivity contribution >= 4 is 28.2 Å². The maximum atomic E-state index is 13.1. The van der Waals surface area contributed by atoms with Gasteiger partial charge in [0.25, 0.3) is 0 Å². The molecule has 1 heteroatoms. The van der Waals surface area contributed by atoms with E-state index >= 15 is 0 Å². The lowest BCUT2D eigenvalue weighted by Gasteiger charge is -2.21. The molecule has 6 rings (SSSR count). The van der Waals surface area contributed by atoms with Gasteiger partial charge in [-0.2, -0.15) is 0 Å². The molecule has 150 valence electrons. The normalized spacial score (nSPS) is 14.6. The molecule has 0 amide bonds. The van der Waals surface area contributed by atoms with Crippen LogP contribution in [0.1, 0.15) is 28.7 Å². The van der Waals surface area contributed by atoms with E-state index in [0.29, 0.717) is 18.6 Å². The maximum absolute atomic E-state index is 13.1. The predicted octanol–water partition coefficient (Wildman–Crippen LogP) is 4.68. The van der Waals surface area contributed by atoms with Gasteiger partial charge in [-0.25, -0.2) is 0 Å². The second kappa shape index (κ2) is 7.06. The average molecular weight is 401 g/mol. The van der Waals surface area contributed by atoms with Gasteiger partial charge in [-0.3, -0.25) is 4.79 Å². The van der Waals surface area contributed by atoms with Crippen molar-refractivity contribution in [3.63, 3.8) is 0 Å². The van der Waals surface area contributed by atoms with E-state index in [1.165, 1.54) is 53.9 Å². The highest BCUT2D eigenvalue weighted by atomic mass is 16.1. The summed E-state index contributed by atoms with van der Waals surface area (Å²) >= 11 is 0. The van der Waals surface area contributed by atoms with E-state index in [9.17, 15) is 4.79 Å². The van der Waals surface area contributed by atoms with Crippen molar-refractivity contribution in [1.29, 1.82) is 0 Å². The van der Waals surface area contributed by atoms with Gasteiger partial charge in [0.1, 0.15) is 0 Å². The van der Waals surface area contributed by atoms with Crippen molar-refractivity contribution < 1.29 is 4.79 Å². The Labute approximate surface area is 181 Å². The first-order chi connectivity index (χ1) is 15.2. The van der Waals surface area contributed by atoms with Crippen LogP contribution in [0.4, 0.5) is 0 Å². The lowest BCUT2D eigenvalue weighted by atomic mass is 9.82. The number of aryl methyl sites for hydroxylation is 1. The highest BCUT2D eigenvalue weighted by Gasteiger charge is 2.22. The van der Waals surface area contributed by atoms with E-state index in [1.807, 2.05) is 0 Å². The summed E-state index contributed by atoms with van der Waals surface area (Å²) in [6.45, 7) is 2.16. The van der Waals surface area contributed by atoms with E-state index < -0.39 is 0 Å². The Balaban J connectivity index is 1.63. The molecular formula is C30H24O. The van der Waals surface area contributed by atoms with Gasteiger partial charge >= 0.3 is 0 Å². The Hall–Kier alpha value is -3.45. The summed E-state index contributed by atoms with van der Waals surface area (Å²) in [6, 6.07) is 26.0. The second-order valence-electron chi connectivity index (χ2n) is 8.77.